The molecular formula is C23H23ClN8O. The number of halogens is 1. The van der Waals surface area contributed by atoms with Gasteiger partial charge >= 0.3 is 0 Å². The molecule has 3 rings (SSSR count). The minimum Gasteiger partial charge on any atom is -0.383 e. The lowest BCUT2D eigenvalue weighted by molar-refractivity contribution is 0.0953. The number of anilines is 1. The number of nitrogen functional groups attached to an aromatic ring is 1. The second-order valence-corrected chi connectivity index (χ2v) is 7.40. The fourth-order valence-corrected chi connectivity index (χ4v) is 3.09. The maximum absolute atomic E-state index is 12.3. The summed E-state index contributed by atoms with van der Waals surface area (Å²) in [5, 5.41) is 5.14. The Morgan fingerprint density at radius 1 is 1.09 bits per heavy atom. The first-order valence-corrected chi connectivity index (χ1v) is 10.3. The van der Waals surface area contributed by atoms with Crippen molar-refractivity contribution in [1.29, 1.82) is 0 Å². The van der Waals surface area contributed by atoms with E-state index in [0.29, 0.717) is 41.5 Å². The van der Waals surface area contributed by atoms with Gasteiger partial charge in [-0.1, -0.05) is 29.5 Å². The summed E-state index contributed by atoms with van der Waals surface area (Å²) in [7, 11) is 0. The van der Waals surface area contributed by atoms with Crippen LogP contribution in [0.1, 0.15) is 27.9 Å². The average molecular weight is 463 g/mol. The molecule has 0 fully saturated rings. The summed E-state index contributed by atoms with van der Waals surface area (Å²) in [6, 6.07) is 12.4. The van der Waals surface area contributed by atoms with Crippen LogP contribution in [0.3, 0.4) is 0 Å². The second-order valence-electron chi connectivity index (χ2n) is 6.96. The van der Waals surface area contributed by atoms with Crippen molar-refractivity contribution in [1.82, 2.24) is 10.3 Å². The number of hydrogen-bond donors (Lipinski definition) is 5. The fourth-order valence-electron chi connectivity index (χ4n) is 2.91. The maximum Gasteiger partial charge on any atom is 0.251 e. The van der Waals surface area contributed by atoms with Crippen LogP contribution in [-0.2, 0) is 0 Å². The van der Waals surface area contributed by atoms with Gasteiger partial charge in [-0.25, -0.2) is 4.98 Å². The van der Waals surface area contributed by atoms with Gasteiger partial charge in [0.2, 0.25) is 5.96 Å². The zero-order chi connectivity index (χ0) is 23.8. The van der Waals surface area contributed by atoms with E-state index < -0.39 is 0 Å². The van der Waals surface area contributed by atoms with Gasteiger partial charge < -0.3 is 28.3 Å². The molecule has 9 nitrogen and oxygen atoms in total. The zero-order valence-electron chi connectivity index (χ0n) is 17.7. The number of carbonyl (C=O) groups excluding carboxylic acids is 1. The van der Waals surface area contributed by atoms with Crippen molar-refractivity contribution in [3.63, 3.8) is 0 Å². The minimum absolute atomic E-state index is 0.00200. The van der Waals surface area contributed by atoms with Gasteiger partial charge in [0.05, 0.1) is 5.56 Å². The van der Waals surface area contributed by atoms with Crippen molar-refractivity contribution in [3.05, 3.63) is 70.4 Å². The molecule has 0 atom stereocenters. The van der Waals surface area contributed by atoms with Gasteiger partial charge in [-0.15, -0.1) is 0 Å². The van der Waals surface area contributed by atoms with E-state index >= 15 is 0 Å². The highest BCUT2D eigenvalue weighted by atomic mass is 35.5. The molecule has 2 aromatic carbocycles. The van der Waals surface area contributed by atoms with E-state index in [1.807, 2.05) is 12.1 Å². The Kier molecular flexibility index (Phi) is 7.68. The highest BCUT2D eigenvalue weighted by Crippen LogP contribution is 2.24. The number of rotatable bonds is 5. The van der Waals surface area contributed by atoms with Crippen molar-refractivity contribution in [3.8, 4) is 11.8 Å². The third kappa shape index (κ3) is 6.59. The lowest BCUT2D eigenvalue weighted by Crippen LogP contribution is -2.27. The average Bonchev–Trinajstić information content (AvgIpc) is 2.78. The molecule has 0 saturated carbocycles. The van der Waals surface area contributed by atoms with E-state index in [4.69, 9.17) is 34.5 Å². The molecule has 0 aliphatic rings. The van der Waals surface area contributed by atoms with Gasteiger partial charge in [0, 0.05) is 46.2 Å². The number of nitrogens with zero attached hydrogens (tertiary/aromatic N) is 3. The molecule has 0 unspecified atom stereocenters. The van der Waals surface area contributed by atoms with Crippen LogP contribution >= 0.6 is 11.6 Å². The van der Waals surface area contributed by atoms with Crippen molar-refractivity contribution in [2.45, 2.75) is 6.42 Å². The number of aromatic nitrogens is 1. The summed E-state index contributed by atoms with van der Waals surface area (Å²) in [6.45, 7) is 0.809. The molecule has 168 valence electrons. The number of benzene rings is 2. The number of amides is 1. The number of carbonyl (C=O) groups is 1. The summed E-state index contributed by atoms with van der Waals surface area (Å²) in [5.41, 5.74) is 23.8. The second kappa shape index (κ2) is 10.8. The number of pyridine rings is 1. The zero-order valence-corrected chi connectivity index (χ0v) is 18.4. The molecule has 0 radical (unpaired) electrons. The van der Waals surface area contributed by atoms with E-state index in [1.54, 1.807) is 36.5 Å². The highest BCUT2D eigenvalue weighted by molar-refractivity contribution is 6.31. The van der Waals surface area contributed by atoms with Crippen LogP contribution in [-0.4, -0.2) is 35.9 Å². The van der Waals surface area contributed by atoms with E-state index in [2.05, 4.69) is 32.1 Å². The van der Waals surface area contributed by atoms with Crippen molar-refractivity contribution < 1.29 is 4.79 Å². The highest BCUT2D eigenvalue weighted by Gasteiger charge is 2.06. The summed E-state index contributed by atoms with van der Waals surface area (Å²) in [5.74, 6) is 6.12. The van der Waals surface area contributed by atoms with Gasteiger partial charge in [0.15, 0.2) is 5.96 Å². The molecule has 9 N–H and O–H groups in total. The van der Waals surface area contributed by atoms with E-state index in [0.717, 1.165) is 16.3 Å². The Bertz CT molecular complexity index is 1280. The van der Waals surface area contributed by atoms with Crippen LogP contribution in [0.5, 0.6) is 0 Å². The monoisotopic (exact) mass is 462 g/mol. The number of aliphatic imine (C=N–C) groups is 2. The van der Waals surface area contributed by atoms with Crippen molar-refractivity contribution in [2.24, 2.45) is 27.2 Å². The van der Waals surface area contributed by atoms with E-state index in [-0.39, 0.29) is 17.8 Å². The van der Waals surface area contributed by atoms with E-state index in [1.165, 1.54) is 0 Å². The normalized spacial score (nSPS) is 10.9. The molecule has 33 heavy (non-hydrogen) atoms. The Morgan fingerprint density at radius 2 is 1.85 bits per heavy atom. The number of hydrogen-bond acceptors (Lipinski definition) is 4. The fraction of sp³-hybridized carbons (Fsp3) is 0.130. The van der Waals surface area contributed by atoms with Gasteiger partial charge in [0.25, 0.3) is 5.91 Å². The Morgan fingerprint density at radius 3 is 2.58 bits per heavy atom. The molecular weight excluding hydrogens is 440 g/mol. The molecule has 0 bridgehead atoms. The molecule has 0 aliphatic heterocycles. The summed E-state index contributed by atoms with van der Waals surface area (Å²) >= 11 is 6.12. The molecule has 0 saturated heterocycles. The van der Waals surface area contributed by atoms with Gasteiger partial charge in [-0.3, -0.25) is 9.79 Å². The predicted molar refractivity (Wildman–Crippen MR) is 133 cm³/mol. The summed E-state index contributed by atoms with van der Waals surface area (Å²) in [6.07, 6.45) is 2.27. The first kappa shape index (κ1) is 23.4. The number of fused-ring (bicyclic) bond motifs is 1. The standard InChI is InChI=1S/C23H23ClN8O/c24-17-8-7-16-13-31-20(25)18(19(16)12-17)9-4-14-2-5-15(6-3-14)21(33)29-10-1-11-30-23(28)32-22(26)27/h2-3,5-8,12-13H,1,10-11H2,(H2,25,31)(H,29,33)(H6,26,27,28,30,32). The molecule has 0 aliphatic carbocycles. The Labute approximate surface area is 195 Å². The largest absolute Gasteiger partial charge is 0.383 e. The van der Waals surface area contributed by atoms with Gasteiger partial charge in [-0.2, -0.15) is 4.99 Å². The lowest BCUT2D eigenvalue weighted by atomic mass is 10.1. The molecule has 1 aromatic heterocycles. The quantitative estimate of drug-likeness (QED) is 0.167. The first-order chi connectivity index (χ1) is 15.8. The molecule has 1 heterocycles. The number of nitrogens with two attached hydrogens (primary N) is 4. The molecule has 1 amide bonds. The summed E-state index contributed by atoms with van der Waals surface area (Å²) < 4.78 is 0. The Hall–Kier alpha value is -4.29. The van der Waals surface area contributed by atoms with Crippen molar-refractivity contribution in [2.75, 3.05) is 18.8 Å². The molecule has 3 aromatic rings. The van der Waals surface area contributed by atoms with Crippen LogP contribution in [0.25, 0.3) is 10.8 Å². The smallest absolute Gasteiger partial charge is 0.251 e. The van der Waals surface area contributed by atoms with Crippen LogP contribution < -0.4 is 28.3 Å². The number of guanidine groups is 2. The topological polar surface area (TPSA) is 171 Å². The third-order valence-electron chi connectivity index (χ3n) is 4.50. The van der Waals surface area contributed by atoms with Crippen LogP contribution in [0.15, 0.2) is 58.6 Å². The van der Waals surface area contributed by atoms with Crippen LogP contribution in [0, 0.1) is 11.8 Å². The van der Waals surface area contributed by atoms with Gasteiger partial charge in [-0.05, 0) is 42.8 Å². The predicted octanol–water partition coefficient (Wildman–Crippen LogP) is 1.58. The van der Waals surface area contributed by atoms with E-state index in [9.17, 15) is 4.79 Å². The number of nitrogens with one attached hydrogen (secondary N) is 1. The van der Waals surface area contributed by atoms with Crippen molar-refractivity contribution >= 4 is 46.0 Å². The van der Waals surface area contributed by atoms with Gasteiger partial charge in [0.1, 0.15) is 5.82 Å². The summed E-state index contributed by atoms with van der Waals surface area (Å²) in [4.78, 5) is 24.1. The molecule has 10 heteroatoms. The minimum atomic E-state index is -0.201. The SMILES string of the molecule is NC(N)=NC(N)=NCCCNC(=O)c1ccc(C#Cc2c(N)ncc3ccc(Cl)cc23)cc1. The van der Waals surface area contributed by atoms with Crippen LogP contribution in [0.4, 0.5) is 5.82 Å². The maximum atomic E-state index is 12.3. The van der Waals surface area contributed by atoms with Crippen LogP contribution in [0.2, 0.25) is 5.02 Å². The third-order valence-corrected chi connectivity index (χ3v) is 4.74. The lowest BCUT2D eigenvalue weighted by Gasteiger charge is -2.05. The first-order valence-electron chi connectivity index (χ1n) is 9.97. The Balaban J connectivity index is 1.62. The molecule has 0 spiro atoms.